The number of aliphatic hydroxyl groups excluding tert-OH is 1. The number of rotatable bonds is 6. The monoisotopic (exact) mass is 263 g/mol. The molecule has 1 aliphatic carbocycles. The highest BCUT2D eigenvalue weighted by Gasteiger charge is 2.25. The summed E-state index contributed by atoms with van der Waals surface area (Å²) in [6.07, 6.45) is 3.74. The van der Waals surface area contributed by atoms with Crippen molar-refractivity contribution in [3.8, 4) is 5.75 Å². The summed E-state index contributed by atoms with van der Waals surface area (Å²) in [4.78, 5) is 0. The molecular weight excluding hydrogens is 238 g/mol. The van der Waals surface area contributed by atoms with E-state index in [1.807, 2.05) is 26.0 Å². The molecule has 1 fully saturated rings. The predicted molar refractivity (Wildman–Crippen MR) is 77.3 cm³/mol. The molecule has 2 rings (SSSR count). The number of hydrogen-bond donors (Lipinski definition) is 2. The lowest BCUT2D eigenvalue weighted by atomic mass is 10.0. The van der Waals surface area contributed by atoms with E-state index in [1.54, 1.807) is 0 Å². The highest BCUT2D eigenvalue weighted by molar-refractivity contribution is 5.28. The van der Waals surface area contributed by atoms with E-state index >= 15 is 0 Å². The molecule has 3 nitrogen and oxygen atoms in total. The van der Waals surface area contributed by atoms with E-state index in [0.29, 0.717) is 18.6 Å². The average molecular weight is 263 g/mol. The zero-order valence-corrected chi connectivity index (χ0v) is 11.9. The Hall–Kier alpha value is -1.06. The maximum absolute atomic E-state index is 9.32. The molecule has 1 aromatic carbocycles. The third kappa shape index (κ3) is 4.22. The SMILES string of the molecule is CC(C)Oc1cccc(CNC2CCCC2CO)c1. The standard InChI is InChI=1S/C16H25NO2/c1-12(2)19-15-7-3-5-13(9-15)10-17-16-8-4-6-14(16)11-18/h3,5,7,9,12,14,16-18H,4,6,8,10-11H2,1-2H3. The quantitative estimate of drug-likeness (QED) is 0.829. The van der Waals surface area contributed by atoms with Crippen LogP contribution in [0.5, 0.6) is 5.75 Å². The van der Waals surface area contributed by atoms with Crippen LogP contribution in [0.3, 0.4) is 0 Å². The van der Waals surface area contributed by atoms with Crippen molar-refractivity contribution in [1.82, 2.24) is 5.32 Å². The molecule has 0 aromatic heterocycles. The van der Waals surface area contributed by atoms with E-state index in [1.165, 1.54) is 18.4 Å². The highest BCUT2D eigenvalue weighted by atomic mass is 16.5. The van der Waals surface area contributed by atoms with Crippen LogP contribution in [0, 0.1) is 5.92 Å². The summed E-state index contributed by atoms with van der Waals surface area (Å²) in [5, 5.41) is 12.9. The summed E-state index contributed by atoms with van der Waals surface area (Å²) in [7, 11) is 0. The topological polar surface area (TPSA) is 41.5 Å². The summed E-state index contributed by atoms with van der Waals surface area (Å²) in [6.45, 7) is 5.22. The fraction of sp³-hybridized carbons (Fsp3) is 0.625. The Morgan fingerprint density at radius 3 is 2.95 bits per heavy atom. The van der Waals surface area contributed by atoms with Crippen molar-refractivity contribution in [2.75, 3.05) is 6.61 Å². The first-order chi connectivity index (χ1) is 9.19. The van der Waals surface area contributed by atoms with Gasteiger partial charge in [0, 0.05) is 19.2 Å². The summed E-state index contributed by atoms with van der Waals surface area (Å²) >= 11 is 0. The van der Waals surface area contributed by atoms with Crippen molar-refractivity contribution in [1.29, 1.82) is 0 Å². The summed E-state index contributed by atoms with van der Waals surface area (Å²) in [5.41, 5.74) is 1.24. The number of aliphatic hydroxyl groups is 1. The van der Waals surface area contributed by atoms with Gasteiger partial charge in [-0.15, -0.1) is 0 Å². The molecule has 19 heavy (non-hydrogen) atoms. The third-order valence-corrected chi connectivity index (χ3v) is 3.73. The van der Waals surface area contributed by atoms with E-state index < -0.39 is 0 Å². The molecule has 0 amide bonds. The molecule has 106 valence electrons. The number of benzene rings is 1. The Labute approximate surface area is 116 Å². The van der Waals surface area contributed by atoms with Crippen LogP contribution in [0.1, 0.15) is 38.7 Å². The first-order valence-electron chi connectivity index (χ1n) is 7.29. The Balaban J connectivity index is 1.88. The molecule has 1 aliphatic rings. The molecule has 0 radical (unpaired) electrons. The van der Waals surface area contributed by atoms with Gasteiger partial charge in [0.1, 0.15) is 5.75 Å². The maximum Gasteiger partial charge on any atom is 0.120 e. The van der Waals surface area contributed by atoms with Crippen molar-refractivity contribution in [3.63, 3.8) is 0 Å². The number of hydrogen-bond acceptors (Lipinski definition) is 3. The first kappa shape index (κ1) is 14.4. The zero-order chi connectivity index (χ0) is 13.7. The van der Waals surface area contributed by atoms with Crippen molar-refractivity contribution < 1.29 is 9.84 Å². The highest BCUT2D eigenvalue weighted by Crippen LogP contribution is 2.25. The predicted octanol–water partition coefficient (Wildman–Crippen LogP) is 2.72. The second-order valence-corrected chi connectivity index (χ2v) is 5.67. The van der Waals surface area contributed by atoms with Crippen LogP contribution in [0.15, 0.2) is 24.3 Å². The Kier molecular flexibility index (Phi) is 5.23. The second kappa shape index (κ2) is 6.92. The minimum Gasteiger partial charge on any atom is -0.491 e. The van der Waals surface area contributed by atoms with Crippen LogP contribution in [0.4, 0.5) is 0 Å². The van der Waals surface area contributed by atoms with Crippen LogP contribution in [-0.2, 0) is 6.54 Å². The van der Waals surface area contributed by atoms with Crippen molar-refractivity contribution in [3.05, 3.63) is 29.8 Å². The van der Waals surface area contributed by atoms with E-state index in [2.05, 4.69) is 17.4 Å². The van der Waals surface area contributed by atoms with Gasteiger partial charge in [-0.2, -0.15) is 0 Å². The zero-order valence-electron chi connectivity index (χ0n) is 11.9. The first-order valence-corrected chi connectivity index (χ1v) is 7.29. The minimum absolute atomic E-state index is 0.205. The van der Waals surface area contributed by atoms with Crippen LogP contribution in [0.2, 0.25) is 0 Å². The number of nitrogens with one attached hydrogen (secondary N) is 1. The summed E-state index contributed by atoms with van der Waals surface area (Å²) in [5.74, 6) is 1.36. The maximum atomic E-state index is 9.32. The molecular formula is C16H25NO2. The van der Waals surface area contributed by atoms with Gasteiger partial charge in [-0.25, -0.2) is 0 Å². The molecule has 0 bridgehead atoms. The van der Waals surface area contributed by atoms with Gasteiger partial charge in [0.2, 0.25) is 0 Å². The molecule has 0 spiro atoms. The van der Waals surface area contributed by atoms with Crippen LogP contribution < -0.4 is 10.1 Å². The van der Waals surface area contributed by atoms with Gasteiger partial charge in [0.05, 0.1) is 6.10 Å². The summed E-state index contributed by atoms with van der Waals surface area (Å²) < 4.78 is 5.70. The summed E-state index contributed by atoms with van der Waals surface area (Å²) in [6, 6.07) is 8.70. The van der Waals surface area contributed by atoms with Gasteiger partial charge >= 0.3 is 0 Å². The molecule has 3 heteroatoms. The fourth-order valence-electron chi connectivity index (χ4n) is 2.77. The van der Waals surface area contributed by atoms with E-state index in [-0.39, 0.29) is 6.10 Å². The molecule has 2 unspecified atom stereocenters. The average Bonchev–Trinajstić information content (AvgIpc) is 2.83. The van der Waals surface area contributed by atoms with Gasteiger partial charge in [-0.1, -0.05) is 18.6 Å². The van der Waals surface area contributed by atoms with Gasteiger partial charge < -0.3 is 15.2 Å². The van der Waals surface area contributed by atoms with Gasteiger partial charge in [0.15, 0.2) is 0 Å². The van der Waals surface area contributed by atoms with E-state index in [0.717, 1.165) is 18.7 Å². The Bertz CT molecular complexity index is 392. The van der Waals surface area contributed by atoms with Crippen molar-refractivity contribution in [2.45, 2.75) is 51.8 Å². The lowest BCUT2D eigenvalue weighted by molar-refractivity contribution is 0.205. The van der Waals surface area contributed by atoms with Gasteiger partial charge in [-0.3, -0.25) is 0 Å². The fourth-order valence-corrected chi connectivity index (χ4v) is 2.77. The lowest BCUT2D eigenvalue weighted by Gasteiger charge is -2.19. The third-order valence-electron chi connectivity index (χ3n) is 3.73. The number of ether oxygens (including phenoxy) is 1. The molecule has 0 aliphatic heterocycles. The lowest BCUT2D eigenvalue weighted by Crippen LogP contribution is -2.33. The minimum atomic E-state index is 0.205. The molecule has 2 atom stereocenters. The van der Waals surface area contributed by atoms with E-state index in [9.17, 15) is 5.11 Å². The van der Waals surface area contributed by atoms with Gasteiger partial charge in [-0.05, 0) is 50.3 Å². The van der Waals surface area contributed by atoms with Crippen LogP contribution in [-0.4, -0.2) is 23.9 Å². The Morgan fingerprint density at radius 2 is 2.21 bits per heavy atom. The molecule has 1 aromatic rings. The molecule has 0 saturated heterocycles. The Morgan fingerprint density at radius 1 is 1.37 bits per heavy atom. The normalized spacial score (nSPS) is 22.9. The second-order valence-electron chi connectivity index (χ2n) is 5.67. The van der Waals surface area contributed by atoms with Crippen LogP contribution in [0.25, 0.3) is 0 Å². The largest absolute Gasteiger partial charge is 0.491 e. The molecule has 2 N–H and O–H groups in total. The van der Waals surface area contributed by atoms with E-state index in [4.69, 9.17) is 4.74 Å². The molecule has 0 heterocycles. The van der Waals surface area contributed by atoms with Crippen LogP contribution >= 0.6 is 0 Å². The van der Waals surface area contributed by atoms with Gasteiger partial charge in [0.25, 0.3) is 0 Å². The smallest absolute Gasteiger partial charge is 0.120 e. The van der Waals surface area contributed by atoms with Crippen molar-refractivity contribution >= 4 is 0 Å². The van der Waals surface area contributed by atoms with Crippen molar-refractivity contribution in [2.24, 2.45) is 5.92 Å². The molecule has 1 saturated carbocycles.